The molecule has 1 N–H and O–H groups in total. The van der Waals surface area contributed by atoms with E-state index in [2.05, 4.69) is 27.1 Å². The number of halogens is 1. The van der Waals surface area contributed by atoms with E-state index in [0.29, 0.717) is 22.3 Å². The lowest BCUT2D eigenvalue weighted by atomic mass is 10.0. The molecular formula is C19H23ClN4O. The standard InChI is InChI=1S/C19H23ClN4O/c1-12-5-4-6-24(10-12)17-9-16(21-11-22-17)19(25)23-18-14(3)7-13(2)8-15(18)20/h7-9,11-12H,4-6,10H2,1-3H3,(H,23,25). The van der Waals surface area contributed by atoms with Crippen molar-refractivity contribution in [1.82, 2.24) is 9.97 Å². The fourth-order valence-electron chi connectivity index (χ4n) is 3.29. The summed E-state index contributed by atoms with van der Waals surface area (Å²) >= 11 is 6.28. The van der Waals surface area contributed by atoms with Crippen LogP contribution in [0.5, 0.6) is 0 Å². The van der Waals surface area contributed by atoms with Gasteiger partial charge in [0.2, 0.25) is 0 Å². The van der Waals surface area contributed by atoms with Crippen LogP contribution in [0.1, 0.15) is 41.4 Å². The van der Waals surface area contributed by atoms with Crippen molar-refractivity contribution in [1.29, 1.82) is 0 Å². The Hall–Kier alpha value is -2.14. The molecule has 0 aliphatic carbocycles. The van der Waals surface area contributed by atoms with Crippen molar-refractivity contribution >= 4 is 29.0 Å². The van der Waals surface area contributed by atoms with E-state index in [1.807, 2.05) is 26.0 Å². The van der Waals surface area contributed by atoms with Crippen LogP contribution in [-0.4, -0.2) is 29.0 Å². The number of piperidine rings is 1. The number of aryl methyl sites for hydroxylation is 2. The zero-order valence-electron chi connectivity index (χ0n) is 14.8. The minimum absolute atomic E-state index is 0.275. The molecule has 1 saturated heterocycles. The van der Waals surface area contributed by atoms with E-state index in [1.165, 1.54) is 12.7 Å². The quantitative estimate of drug-likeness (QED) is 0.891. The van der Waals surface area contributed by atoms with Crippen molar-refractivity contribution in [2.75, 3.05) is 23.3 Å². The van der Waals surface area contributed by atoms with Crippen LogP contribution in [0.3, 0.4) is 0 Å². The molecule has 25 heavy (non-hydrogen) atoms. The Kier molecular flexibility index (Phi) is 5.23. The van der Waals surface area contributed by atoms with Gasteiger partial charge in [0.1, 0.15) is 17.8 Å². The van der Waals surface area contributed by atoms with Gasteiger partial charge in [0.05, 0.1) is 10.7 Å². The smallest absolute Gasteiger partial charge is 0.274 e. The highest BCUT2D eigenvalue weighted by molar-refractivity contribution is 6.34. The molecule has 5 nitrogen and oxygen atoms in total. The Labute approximate surface area is 153 Å². The van der Waals surface area contributed by atoms with Gasteiger partial charge in [-0.05, 0) is 49.8 Å². The second kappa shape index (κ2) is 7.40. The van der Waals surface area contributed by atoms with E-state index < -0.39 is 0 Å². The summed E-state index contributed by atoms with van der Waals surface area (Å²) in [6.07, 6.45) is 3.83. The molecule has 0 saturated carbocycles. The van der Waals surface area contributed by atoms with E-state index in [9.17, 15) is 4.79 Å². The minimum Gasteiger partial charge on any atom is -0.356 e. The zero-order chi connectivity index (χ0) is 18.0. The molecule has 2 heterocycles. The molecule has 132 valence electrons. The number of carbonyl (C=O) groups excluding carboxylic acids is 1. The zero-order valence-corrected chi connectivity index (χ0v) is 15.6. The van der Waals surface area contributed by atoms with E-state index in [4.69, 9.17) is 11.6 Å². The van der Waals surface area contributed by atoms with E-state index >= 15 is 0 Å². The Morgan fingerprint density at radius 1 is 1.28 bits per heavy atom. The molecule has 1 aliphatic rings. The van der Waals surface area contributed by atoms with Crippen LogP contribution >= 0.6 is 11.6 Å². The topological polar surface area (TPSA) is 58.1 Å². The SMILES string of the molecule is Cc1cc(C)c(NC(=O)c2cc(N3CCCC(C)C3)ncn2)c(Cl)c1. The summed E-state index contributed by atoms with van der Waals surface area (Å²) in [7, 11) is 0. The number of nitrogens with one attached hydrogen (secondary N) is 1. The van der Waals surface area contributed by atoms with Gasteiger partial charge in [0, 0.05) is 19.2 Å². The number of anilines is 2. The average molecular weight is 359 g/mol. The summed E-state index contributed by atoms with van der Waals surface area (Å²) in [5.74, 6) is 1.16. The Morgan fingerprint density at radius 2 is 2.08 bits per heavy atom. The van der Waals surface area contributed by atoms with Gasteiger partial charge in [-0.15, -0.1) is 0 Å². The lowest BCUT2D eigenvalue weighted by Crippen LogP contribution is -2.35. The molecule has 1 aliphatic heterocycles. The Morgan fingerprint density at radius 3 is 2.80 bits per heavy atom. The number of aromatic nitrogens is 2. The maximum absolute atomic E-state index is 12.6. The van der Waals surface area contributed by atoms with Crippen LogP contribution < -0.4 is 10.2 Å². The molecule has 6 heteroatoms. The number of hydrogen-bond donors (Lipinski definition) is 1. The van der Waals surface area contributed by atoms with E-state index in [-0.39, 0.29) is 5.91 Å². The van der Waals surface area contributed by atoms with Crippen molar-refractivity contribution in [3.05, 3.63) is 46.4 Å². The molecule has 1 unspecified atom stereocenters. The van der Waals surface area contributed by atoms with Crippen molar-refractivity contribution < 1.29 is 4.79 Å². The Bertz CT molecular complexity index is 770. The van der Waals surface area contributed by atoms with Gasteiger partial charge >= 0.3 is 0 Å². The third kappa shape index (κ3) is 4.10. The third-order valence-corrected chi connectivity index (χ3v) is 4.83. The fourth-order valence-corrected chi connectivity index (χ4v) is 3.66. The molecule has 0 spiro atoms. The van der Waals surface area contributed by atoms with Gasteiger partial charge in [-0.1, -0.05) is 24.6 Å². The Balaban J connectivity index is 1.80. The summed E-state index contributed by atoms with van der Waals surface area (Å²) in [6.45, 7) is 8.06. The first-order valence-corrected chi connectivity index (χ1v) is 8.97. The minimum atomic E-state index is -0.275. The fraction of sp³-hybridized carbons (Fsp3) is 0.421. The van der Waals surface area contributed by atoms with Crippen LogP contribution in [0, 0.1) is 19.8 Å². The number of nitrogens with zero attached hydrogens (tertiary/aromatic N) is 3. The maximum Gasteiger partial charge on any atom is 0.274 e. The van der Waals surface area contributed by atoms with Gasteiger partial charge in [0.15, 0.2) is 0 Å². The normalized spacial score (nSPS) is 17.4. The van der Waals surface area contributed by atoms with Gasteiger partial charge < -0.3 is 10.2 Å². The molecule has 1 amide bonds. The largest absolute Gasteiger partial charge is 0.356 e. The predicted octanol–water partition coefficient (Wildman–Crippen LogP) is 4.24. The van der Waals surface area contributed by atoms with Crippen LogP contribution in [0.15, 0.2) is 24.5 Å². The lowest BCUT2D eigenvalue weighted by molar-refractivity contribution is 0.102. The molecular weight excluding hydrogens is 336 g/mol. The highest BCUT2D eigenvalue weighted by Gasteiger charge is 2.19. The first-order valence-electron chi connectivity index (χ1n) is 8.59. The first kappa shape index (κ1) is 17.7. The lowest BCUT2D eigenvalue weighted by Gasteiger charge is -2.31. The van der Waals surface area contributed by atoms with Crippen molar-refractivity contribution in [2.24, 2.45) is 5.92 Å². The van der Waals surface area contributed by atoms with Crippen molar-refractivity contribution in [3.63, 3.8) is 0 Å². The van der Waals surface area contributed by atoms with Gasteiger partial charge in [-0.25, -0.2) is 9.97 Å². The highest BCUT2D eigenvalue weighted by Crippen LogP contribution is 2.28. The van der Waals surface area contributed by atoms with Gasteiger partial charge in [-0.2, -0.15) is 0 Å². The summed E-state index contributed by atoms with van der Waals surface area (Å²) in [4.78, 5) is 23.3. The molecule has 1 atom stereocenters. The average Bonchev–Trinajstić information content (AvgIpc) is 2.58. The molecule has 1 aromatic heterocycles. The molecule has 0 bridgehead atoms. The number of hydrogen-bond acceptors (Lipinski definition) is 4. The van der Waals surface area contributed by atoms with Gasteiger partial charge in [-0.3, -0.25) is 4.79 Å². The molecule has 1 aromatic carbocycles. The van der Waals surface area contributed by atoms with Crippen molar-refractivity contribution in [3.8, 4) is 0 Å². The number of benzene rings is 1. The number of amides is 1. The van der Waals surface area contributed by atoms with Crippen LogP contribution in [-0.2, 0) is 0 Å². The second-order valence-corrected chi connectivity index (χ2v) is 7.25. The third-order valence-electron chi connectivity index (χ3n) is 4.54. The summed E-state index contributed by atoms with van der Waals surface area (Å²) < 4.78 is 0. The van der Waals surface area contributed by atoms with Crippen LogP contribution in [0.25, 0.3) is 0 Å². The number of carbonyl (C=O) groups is 1. The van der Waals surface area contributed by atoms with E-state index in [0.717, 1.165) is 36.5 Å². The van der Waals surface area contributed by atoms with E-state index in [1.54, 1.807) is 6.07 Å². The summed E-state index contributed by atoms with van der Waals surface area (Å²) in [6, 6.07) is 5.58. The molecule has 1 fully saturated rings. The van der Waals surface area contributed by atoms with Crippen LogP contribution in [0.2, 0.25) is 5.02 Å². The molecule has 2 aromatic rings. The van der Waals surface area contributed by atoms with Gasteiger partial charge in [0.25, 0.3) is 5.91 Å². The molecule has 3 rings (SSSR count). The summed E-state index contributed by atoms with van der Waals surface area (Å²) in [5, 5.41) is 3.41. The second-order valence-electron chi connectivity index (χ2n) is 6.85. The predicted molar refractivity (Wildman–Crippen MR) is 102 cm³/mol. The van der Waals surface area contributed by atoms with Crippen molar-refractivity contribution in [2.45, 2.75) is 33.6 Å². The maximum atomic E-state index is 12.6. The highest BCUT2D eigenvalue weighted by atomic mass is 35.5. The molecule has 0 radical (unpaired) electrons. The number of rotatable bonds is 3. The summed E-state index contributed by atoms with van der Waals surface area (Å²) in [5.41, 5.74) is 2.96. The monoisotopic (exact) mass is 358 g/mol. The first-order chi connectivity index (χ1) is 11.9. The van der Waals surface area contributed by atoms with Crippen LogP contribution in [0.4, 0.5) is 11.5 Å².